The number of likely N-dealkylation sites (tertiary alicyclic amines) is 1. The summed E-state index contributed by atoms with van der Waals surface area (Å²) in [4.78, 5) is 12.8. The van der Waals surface area contributed by atoms with Crippen LogP contribution in [-0.2, 0) is 12.8 Å². The van der Waals surface area contributed by atoms with Gasteiger partial charge in [0.2, 0.25) is 0 Å². The Kier molecular flexibility index (Phi) is 9.02. The van der Waals surface area contributed by atoms with Crippen LogP contribution in [0.3, 0.4) is 0 Å². The van der Waals surface area contributed by atoms with Gasteiger partial charge in [-0.3, -0.25) is 4.99 Å². The summed E-state index contributed by atoms with van der Waals surface area (Å²) in [6.45, 7) is 7.28. The Morgan fingerprint density at radius 3 is 2.52 bits per heavy atom. The Morgan fingerprint density at radius 2 is 1.93 bits per heavy atom. The van der Waals surface area contributed by atoms with Crippen LogP contribution in [0.2, 0.25) is 0 Å². The smallest absolute Gasteiger partial charge is 0.193 e. The number of hydrogen-bond acceptors (Lipinski definition) is 3. The number of aromatic nitrogens is 1. The molecule has 1 N–H and O–H groups in total. The summed E-state index contributed by atoms with van der Waals surface area (Å²) >= 11 is 1.81. The Hall–Kier alpha value is -1.15. The average molecular weight is 498 g/mol. The van der Waals surface area contributed by atoms with E-state index in [9.17, 15) is 0 Å². The van der Waals surface area contributed by atoms with Crippen molar-refractivity contribution in [1.82, 2.24) is 15.2 Å². The lowest BCUT2D eigenvalue weighted by Gasteiger charge is -2.34. The maximum absolute atomic E-state index is 4.51. The fraction of sp³-hybridized carbons (Fsp3) is 0.524. The SMILES string of the molecule is CN=C(NCCc1sc(C)nc1C)N1CCC(Cc2ccccc2)CC1.I. The molecule has 0 radical (unpaired) electrons. The van der Waals surface area contributed by atoms with Gasteiger partial charge >= 0.3 is 0 Å². The first-order chi connectivity index (χ1) is 12.7. The van der Waals surface area contributed by atoms with Crippen molar-refractivity contribution in [2.45, 2.75) is 39.5 Å². The van der Waals surface area contributed by atoms with Crippen molar-refractivity contribution in [1.29, 1.82) is 0 Å². The molecule has 3 rings (SSSR count). The third kappa shape index (κ3) is 6.45. The molecule has 6 heteroatoms. The molecule has 4 nitrogen and oxygen atoms in total. The van der Waals surface area contributed by atoms with E-state index in [4.69, 9.17) is 0 Å². The molecule has 0 aliphatic carbocycles. The predicted octanol–water partition coefficient (Wildman–Crippen LogP) is 4.45. The molecule has 1 fully saturated rings. The van der Waals surface area contributed by atoms with Crippen molar-refractivity contribution >= 4 is 41.3 Å². The van der Waals surface area contributed by atoms with Gasteiger partial charge in [-0.2, -0.15) is 0 Å². The zero-order valence-electron chi connectivity index (χ0n) is 16.6. The summed E-state index contributed by atoms with van der Waals surface area (Å²) in [5, 5.41) is 4.70. The third-order valence-corrected chi connectivity index (χ3v) is 6.26. The van der Waals surface area contributed by atoms with Gasteiger partial charge in [-0.05, 0) is 44.6 Å². The van der Waals surface area contributed by atoms with Gasteiger partial charge in [-0.25, -0.2) is 4.98 Å². The molecule has 2 aromatic rings. The number of halogens is 1. The fourth-order valence-electron chi connectivity index (χ4n) is 3.72. The molecule has 1 aliphatic heterocycles. The third-order valence-electron chi connectivity index (χ3n) is 5.13. The van der Waals surface area contributed by atoms with Crippen LogP contribution in [-0.4, -0.2) is 42.5 Å². The Balaban J connectivity index is 0.00000261. The number of rotatable bonds is 5. The number of guanidine groups is 1. The molecule has 0 unspecified atom stereocenters. The lowest BCUT2D eigenvalue weighted by Crippen LogP contribution is -2.46. The van der Waals surface area contributed by atoms with Crippen molar-refractivity contribution in [2.24, 2.45) is 10.9 Å². The van der Waals surface area contributed by atoms with Crippen LogP contribution in [0.1, 0.15) is 34.0 Å². The maximum atomic E-state index is 4.51. The average Bonchev–Trinajstić information content (AvgIpc) is 2.98. The van der Waals surface area contributed by atoms with Gasteiger partial charge < -0.3 is 10.2 Å². The fourth-order valence-corrected chi connectivity index (χ4v) is 4.66. The Morgan fingerprint density at radius 1 is 1.22 bits per heavy atom. The molecule has 0 atom stereocenters. The number of thiazole rings is 1. The zero-order valence-corrected chi connectivity index (χ0v) is 19.7. The lowest BCUT2D eigenvalue weighted by molar-refractivity contribution is 0.259. The van der Waals surface area contributed by atoms with Crippen molar-refractivity contribution in [3.05, 3.63) is 51.5 Å². The number of benzene rings is 1. The molecule has 0 saturated carbocycles. The highest BCUT2D eigenvalue weighted by Gasteiger charge is 2.21. The summed E-state index contributed by atoms with van der Waals surface area (Å²) in [7, 11) is 1.89. The first-order valence-electron chi connectivity index (χ1n) is 9.58. The molecule has 0 bridgehead atoms. The van der Waals surface area contributed by atoms with Crippen molar-refractivity contribution in [2.75, 3.05) is 26.7 Å². The van der Waals surface area contributed by atoms with Crippen LogP contribution in [0.25, 0.3) is 0 Å². The molecular weight excluding hydrogens is 467 g/mol. The highest BCUT2D eigenvalue weighted by Crippen LogP contribution is 2.22. The van der Waals surface area contributed by atoms with Gasteiger partial charge in [0.05, 0.1) is 10.7 Å². The molecule has 1 saturated heterocycles. The molecule has 0 spiro atoms. The van der Waals surface area contributed by atoms with Crippen LogP contribution < -0.4 is 5.32 Å². The normalized spacial score (nSPS) is 15.5. The highest BCUT2D eigenvalue weighted by atomic mass is 127. The standard InChI is InChI=1S/C21H30N4S.HI/c1-16-20(26-17(2)24-16)9-12-23-21(22-3)25-13-10-19(11-14-25)15-18-7-5-4-6-8-18;/h4-8,19H,9-15H2,1-3H3,(H,22,23);1H. The van der Waals surface area contributed by atoms with E-state index in [0.717, 1.165) is 42.9 Å². The minimum absolute atomic E-state index is 0. The topological polar surface area (TPSA) is 40.5 Å². The Bertz CT molecular complexity index is 721. The minimum Gasteiger partial charge on any atom is -0.356 e. The molecule has 1 aliphatic rings. The number of piperidine rings is 1. The van der Waals surface area contributed by atoms with Crippen molar-refractivity contribution in [3.63, 3.8) is 0 Å². The quantitative estimate of drug-likeness (QED) is 0.376. The van der Waals surface area contributed by atoms with Crippen LogP contribution >= 0.6 is 35.3 Å². The molecule has 1 aromatic carbocycles. The van der Waals surface area contributed by atoms with Crippen LogP contribution in [0.4, 0.5) is 0 Å². The second-order valence-electron chi connectivity index (χ2n) is 7.09. The van der Waals surface area contributed by atoms with Crippen molar-refractivity contribution < 1.29 is 0 Å². The number of hydrogen-bond donors (Lipinski definition) is 1. The van der Waals surface area contributed by atoms with E-state index >= 15 is 0 Å². The van der Waals surface area contributed by atoms with E-state index < -0.39 is 0 Å². The molecule has 148 valence electrons. The Labute approximate surface area is 184 Å². The van der Waals surface area contributed by atoms with Gasteiger partial charge in [0.25, 0.3) is 0 Å². The lowest BCUT2D eigenvalue weighted by atomic mass is 9.90. The van der Waals surface area contributed by atoms with Gasteiger partial charge in [0.15, 0.2) is 5.96 Å². The molecule has 2 heterocycles. The summed E-state index contributed by atoms with van der Waals surface area (Å²) in [5.41, 5.74) is 2.63. The van der Waals surface area contributed by atoms with E-state index in [0.29, 0.717) is 0 Å². The molecular formula is C21H31IN4S. The second kappa shape index (κ2) is 11.0. The minimum atomic E-state index is 0. The monoisotopic (exact) mass is 498 g/mol. The van der Waals surface area contributed by atoms with Gasteiger partial charge in [-0.15, -0.1) is 35.3 Å². The van der Waals surface area contributed by atoms with E-state index in [2.05, 4.69) is 64.4 Å². The van der Waals surface area contributed by atoms with E-state index in [1.54, 1.807) is 11.3 Å². The van der Waals surface area contributed by atoms with Crippen LogP contribution in [0, 0.1) is 19.8 Å². The summed E-state index contributed by atoms with van der Waals surface area (Å²) in [6, 6.07) is 10.9. The number of nitrogens with zero attached hydrogens (tertiary/aromatic N) is 3. The maximum Gasteiger partial charge on any atom is 0.193 e. The van der Waals surface area contributed by atoms with Crippen LogP contribution in [0.5, 0.6) is 0 Å². The number of aliphatic imine (C=N–C) groups is 1. The van der Waals surface area contributed by atoms with Gasteiger partial charge in [0.1, 0.15) is 0 Å². The molecule has 27 heavy (non-hydrogen) atoms. The first kappa shape index (κ1) is 22.1. The van der Waals surface area contributed by atoms with E-state index in [1.165, 1.54) is 35.4 Å². The summed E-state index contributed by atoms with van der Waals surface area (Å²) in [5.74, 6) is 1.83. The summed E-state index contributed by atoms with van der Waals surface area (Å²) in [6.07, 6.45) is 4.69. The predicted molar refractivity (Wildman–Crippen MR) is 127 cm³/mol. The van der Waals surface area contributed by atoms with E-state index in [1.807, 2.05) is 7.05 Å². The van der Waals surface area contributed by atoms with Crippen LogP contribution in [0.15, 0.2) is 35.3 Å². The zero-order chi connectivity index (χ0) is 18.4. The van der Waals surface area contributed by atoms with Gasteiger partial charge in [-0.1, -0.05) is 30.3 Å². The summed E-state index contributed by atoms with van der Waals surface area (Å²) < 4.78 is 0. The largest absolute Gasteiger partial charge is 0.356 e. The molecule has 1 aromatic heterocycles. The molecule has 0 amide bonds. The highest BCUT2D eigenvalue weighted by molar-refractivity contribution is 14.0. The second-order valence-corrected chi connectivity index (χ2v) is 8.37. The number of aryl methyl sites for hydroxylation is 2. The van der Waals surface area contributed by atoms with E-state index in [-0.39, 0.29) is 24.0 Å². The van der Waals surface area contributed by atoms with Gasteiger partial charge in [0, 0.05) is 38.0 Å². The first-order valence-corrected chi connectivity index (χ1v) is 10.4. The van der Waals surface area contributed by atoms with Crippen molar-refractivity contribution in [3.8, 4) is 0 Å². The number of nitrogens with one attached hydrogen (secondary N) is 1.